The SMILES string of the molecule is Cc1cc([N+](=O)[O-])c(N)cc1N1[C@@H](C)CCC[C@@H]1C. The van der Waals surface area contributed by atoms with Gasteiger partial charge in [-0.1, -0.05) is 0 Å². The molecule has 1 aliphatic heterocycles. The predicted molar refractivity (Wildman–Crippen MR) is 77.5 cm³/mol. The van der Waals surface area contributed by atoms with E-state index in [9.17, 15) is 10.1 Å². The van der Waals surface area contributed by atoms with E-state index in [1.165, 1.54) is 6.42 Å². The highest BCUT2D eigenvalue weighted by Crippen LogP contribution is 2.36. The molecule has 2 atom stereocenters. The van der Waals surface area contributed by atoms with Crippen molar-refractivity contribution in [1.82, 2.24) is 0 Å². The van der Waals surface area contributed by atoms with Crippen LogP contribution in [-0.2, 0) is 0 Å². The van der Waals surface area contributed by atoms with Gasteiger partial charge >= 0.3 is 0 Å². The molecule has 1 aromatic rings. The van der Waals surface area contributed by atoms with Crippen molar-refractivity contribution in [2.24, 2.45) is 0 Å². The molecule has 0 spiro atoms. The first-order valence-corrected chi connectivity index (χ1v) is 6.74. The molecule has 1 aliphatic rings. The third-order valence-electron chi connectivity index (χ3n) is 4.01. The second-order valence-electron chi connectivity index (χ2n) is 5.49. The van der Waals surface area contributed by atoms with Crippen molar-refractivity contribution in [2.45, 2.75) is 52.1 Å². The van der Waals surface area contributed by atoms with Crippen LogP contribution in [0.25, 0.3) is 0 Å². The van der Waals surface area contributed by atoms with Gasteiger partial charge in [0, 0.05) is 23.8 Å². The van der Waals surface area contributed by atoms with Crippen molar-refractivity contribution in [1.29, 1.82) is 0 Å². The zero-order valence-electron chi connectivity index (χ0n) is 11.7. The molecule has 0 aliphatic carbocycles. The van der Waals surface area contributed by atoms with Crippen LogP contribution in [0, 0.1) is 17.0 Å². The van der Waals surface area contributed by atoms with Gasteiger partial charge in [-0.25, -0.2) is 0 Å². The van der Waals surface area contributed by atoms with E-state index in [0.717, 1.165) is 24.1 Å². The number of benzene rings is 1. The number of nitro groups is 1. The minimum atomic E-state index is -0.421. The molecule has 0 radical (unpaired) electrons. The topological polar surface area (TPSA) is 72.4 Å². The van der Waals surface area contributed by atoms with Crippen LogP contribution in [0.15, 0.2) is 12.1 Å². The van der Waals surface area contributed by atoms with Gasteiger partial charge in [-0.15, -0.1) is 0 Å². The molecule has 104 valence electrons. The van der Waals surface area contributed by atoms with Gasteiger partial charge in [-0.2, -0.15) is 0 Å². The lowest BCUT2D eigenvalue weighted by Crippen LogP contribution is -2.44. The first kappa shape index (κ1) is 13.6. The van der Waals surface area contributed by atoms with Crippen molar-refractivity contribution < 1.29 is 4.92 Å². The Labute approximate surface area is 113 Å². The lowest BCUT2D eigenvalue weighted by Gasteiger charge is -2.41. The van der Waals surface area contributed by atoms with Crippen LogP contribution in [-0.4, -0.2) is 17.0 Å². The summed E-state index contributed by atoms with van der Waals surface area (Å²) in [5.41, 5.74) is 8.01. The number of anilines is 2. The quantitative estimate of drug-likeness (QED) is 0.505. The second-order valence-corrected chi connectivity index (χ2v) is 5.49. The molecule has 2 N–H and O–H groups in total. The molecule has 5 heteroatoms. The lowest BCUT2D eigenvalue weighted by atomic mass is 9.95. The van der Waals surface area contributed by atoms with E-state index in [-0.39, 0.29) is 11.4 Å². The Morgan fingerprint density at radius 2 is 1.89 bits per heavy atom. The molecule has 1 aromatic carbocycles. The van der Waals surface area contributed by atoms with Gasteiger partial charge in [0.2, 0.25) is 0 Å². The van der Waals surface area contributed by atoms with Crippen LogP contribution < -0.4 is 10.6 Å². The first-order chi connectivity index (χ1) is 8.91. The molecule has 0 amide bonds. The van der Waals surface area contributed by atoms with Crippen molar-refractivity contribution >= 4 is 17.1 Å². The molecule has 0 aromatic heterocycles. The Hall–Kier alpha value is -1.78. The number of nitrogen functional groups attached to an aromatic ring is 1. The average molecular weight is 263 g/mol. The van der Waals surface area contributed by atoms with Gasteiger partial charge in [0.15, 0.2) is 0 Å². The van der Waals surface area contributed by atoms with Crippen LogP contribution >= 0.6 is 0 Å². The van der Waals surface area contributed by atoms with Crippen molar-refractivity contribution in [2.75, 3.05) is 10.6 Å². The van der Waals surface area contributed by atoms with E-state index in [1.807, 2.05) is 6.92 Å². The third kappa shape index (κ3) is 2.50. The highest BCUT2D eigenvalue weighted by molar-refractivity contribution is 5.70. The zero-order chi connectivity index (χ0) is 14.2. The maximum Gasteiger partial charge on any atom is 0.292 e. The van der Waals surface area contributed by atoms with Gasteiger partial charge in [0.25, 0.3) is 5.69 Å². The Balaban J connectivity index is 2.44. The van der Waals surface area contributed by atoms with E-state index in [1.54, 1.807) is 12.1 Å². The van der Waals surface area contributed by atoms with Crippen molar-refractivity contribution in [3.63, 3.8) is 0 Å². The number of nitro benzene ring substituents is 1. The Bertz CT molecular complexity index is 492. The minimum absolute atomic E-state index is 0.00133. The summed E-state index contributed by atoms with van der Waals surface area (Å²) in [5.74, 6) is 0. The number of nitrogens with two attached hydrogens (primary N) is 1. The monoisotopic (exact) mass is 263 g/mol. The van der Waals surface area contributed by atoms with E-state index >= 15 is 0 Å². The molecule has 0 bridgehead atoms. The number of piperidine rings is 1. The Kier molecular flexibility index (Phi) is 3.64. The summed E-state index contributed by atoms with van der Waals surface area (Å²) in [6.07, 6.45) is 3.54. The van der Waals surface area contributed by atoms with Gasteiger partial charge in [0.05, 0.1) is 4.92 Å². The summed E-state index contributed by atoms with van der Waals surface area (Å²) in [6.45, 7) is 6.31. The molecule has 1 heterocycles. The normalized spacial score (nSPS) is 23.4. The van der Waals surface area contributed by atoms with Crippen molar-refractivity contribution in [3.8, 4) is 0 Å². The van der Waals surface area contributed by atoms with E-state index in [4.69, 9.17) is 5.73 Å². The zero-order valence-corrected chi connectivity index (χ0v) is 11.7. The number of hydrogen-bond donors (Lipinski definition) is 1. The fourth-order valence-corrected chi connectivity index (χ4v) is 3.03. The Morgan fingerprint density at radius 1 is 1.32 bits per heavy atom. The van der Waals surface area contributed by atoms with E-state index < -0.39 is 4.92 Å². The molecule has 1 saturated heterocycles. The van der Waals surface area contributed by atoms with Gasteiger partial charge in [0.1, 0.15) is 5.69 Å². The molecular weight excluding hydrogens is 242 g/mol. The highest BCUT2D eigenvalue weighted by atomic mass is 16.6. The smallest absolute Gasteiger partial charge is 0.292 e. The lowest BCUT2D eigenvalue weighted by molar-refractivity contribution is -0.383. The fourth-order valence-electron chi connectivity index (χ4n) is 3.03. The summed E-state index contributed by atoms with van der Waals surface area (Å²) in [5, 5.41) is 10.9. The molecule has 0 unspecified atom stereocenters. The van der Waals surface area contributed by atoms with Crippen LogP contribution in [0.1, 0.15) is 38.7 Å². The third-order valence-corrected chi connectivity index (χ3v) is 4.01. The van der Waals surface area contributed by atoms with E-state index in [0.29, 0.717) is 12.1 Å². The summed E-state index contributed by atoms with van der Waals surface area (Å²) in [7, 11) is 0. The van der Waals surface area contributed by atoms with Crippen LogP contribution in [0.4, 0.5) is 17.1 Å². The number of nitrogens with zero attached hydrogens (tertiary/aromatic N) is 2. The van der Waals surface area contributed by atoms with Crippen LogP contribution in [0.2, 0.25) is 0 Å². The molecule has 0 saturated carbocycles. The summed E-state index contributed by atoms with van der Waals surface area (Å²) >= 11 is 0. The van der Waals surface area contributed by atoms with Crippen molar-refractivity contribution in [3.05, 3.63) is 27.8 Å². The number of rotatable bonds is 2. The summed E-state index contributed by atoms with van der Waals surface area (Å²) in [6, 6.07) is 4.23. The largest absolute Gasteiger partial charge is 0.393 e. The number of hydrogen-bond acceptors (Lipinski definition) is 4. The second kappa shape index (κ2) is 5.07. The van der Waals surface area contributed by atoms with Gasteiger partial charge < -0.3 is 10.6 Å². The van der Waals surface area contributed by atoms with Crippen LogP contribution in [0.3, 0.4) is 0 Å². The first-order valence-electron chi connectivity index (χ1n) is 6.74. The molecule has 1 fully saturated rings. The Morgan fingerprint density at radius 3 is 2.42 bits per heavy atom. The molecular formula is C14H21N3O2. The number of aryl methyl sites for hydroxylation is 1. The molecule has 2 rings (SSSR count). The summed E-state index contributed by atoms with van der Waals surface area (Å²) < 4.78 is 0. The fraction of sp³-hybridized carbons (Fsp3) is 0.571. The average Bonchev–Trinajstić information content (AvgIpc) is 2.32. The van der Waals surface area contributed by atoms with Gasteiger partial charge in [-0.3, -0.25) is 10.1 Å². The minimum Gasteiger partial charge on any atom is -0.393 e. The molecule has 5 nitrogen and oxygen atoms in total. The maximum absolute atomic E-state index is 10.9. The standard InChI is InChI=1S/C14H21N3O2/c1-9-7-14(17(18)19)12(15)8-13(9)16-10(2)5-4-6-11(16)3/h7-8,10-11H,4-6,15H2,1-3H3/t10-,11-/m0/s1. The van der Waals surface area contributed by atoms with E-state index in [2.05, 4.69) is 18.7 Å². The van der Waals surface area contributed by atoms with Crippen LogP contribution in [0.5, 0.6) is 0 Å². The summed E-state index contributed by atoms with van der Waals surface area (Å²) in [4.78, 5) is 12.8. The maximum atomic E-state index is 10.9. The highest BCUT2D eigenvalue weighted by Gasteiger charge is 2.27. The predicted octanol–water partition coefficient (Wildman–Crippen LogP) is 3.25. The molecule has 19 heavy (non-hydrogen) atoms. The van der Waals surface area contributed by atoms with Gasteiger partial charge in [-0.05, 0) is 51.7 Å².